The van der Waals surface area contributed by atoms with Crippen LogP contribution >= 0.6 is 0 Å². The van der Waals surface area contributed by atoms with Gasteiger partial charge in [0, 0.05) is 19.6 Å². The third-order valence-corrected chi connectivity index (χ3v) is 4.28. The van der Waals surface area contributed by atoms with E-state index in [1.54, 1.807) is 0 Å². The van der Waals surface area contributed by atoms with Gasteiger partial charge in [-0.15, -0.1) is 0 Å². The Labute approximate surface area is 138 Å². The van der Waals surface area contributed by atoms with Gasteiger partial charge in [0.25, 0.3) is 0 Å². The van der Waals surface area contributed by atoms with E-state index in [-0.39, 0.29) is 11.2 Å². The number of epoxide rings is 4. The van der Waals surface area contributed by atoms with Crippen molar-refractivity contribution in [2.45, 2.75) is 56.5 Å². The molecule has 4 rings (SSSR count). The standard InChI is InChI=1S/C11H20O4.C6H10O2/c1-11(9-15-11)8-13-5-3-2-4-12-6-10-7-14-10;1-6(4-8-6)2-5-3-7-5/h10H,2-9H2,1H3;5H,2-4H2,1H3. The number of rotatable bonds is 11. The van der Waals surface area contributed by atoms with E-state index in [1.807, 2.05) is 0 Å². The Morgan fingerprint density at radius 1 is 0.870 bits per heavy atom. The summed E-state index contributed by atoms with van der Waals surface area (Å²) in [5.74, 6) is 0. The van der Waals surface area contributed by atoms with Gasteiger partial charge < -0.3 is 28.4 Å². The highest BCUT2D eigenvalue weighted by Gasteiger charge is 2.44. The fourth-order valence-electron chi connectivity index (χ4n) is 2.19. The van der Waals surface area contributed by atoms with Crippen molar-refractivity contribution in [1.29, 1.82) is 0 Å². The molecule has 0 N–H and O–H groups in total. The average molecular weight is 330 g/mol. The zero-order chi connectivity index (χ0) is 16.2. The quantitative estimate of drug-likeness (QED) is 0.423. The second-order valence-electron chi connectivity index (χ2n) is 7.43. The first-order valence-corrected chi connectivity index (χ1v) is 8.74. The fraction of sp³-hybridized carbons (Fsp3) is 1.00. The van der Waals surface area contributed by atoms with Crippen LogP contribution in [-0.4, -0.2) is 76.3 Å². The summed E-state index contributed by atoms with van der Waals surface area (Å²) < 4.78 is 31.4. The summed E-state index contributed by atoms with van der Waals surface area (Å²) in [7, 11) is 0. The van der Waals surface area contributed by atoms with Crippen molar-refractivity contribution in [2.75, 3.05) is 52.9 Å². The second kappa shape index (κ2) is 7.76. The highest BCUT2D eigenvalue weighted by Crippen LogP contribution is 2.35. The molecule has 23 heavy (non-hydrogen) atoms. The molecule has 0 spiro atoms. The molecule has 0 aromatic rings. The first kappa shape index (κ1) is 17.6. The Balaban J connectivity index is 0.000000162. The Hall–Kier alpha value is -0.240. The predicted molar refractivity (Wildman–Crippen MR) is 83.7 cm³/mol. The molecule has 4 heterocycles. The van der Waals surface area contributed by atoms with Gasteiger partial charge in [0.2, 0.25) is 0 Å². The number of hydrogen-bond donors (Lipinski definition) is 0. The minimum Gasteiger partial charge on any atom is -0.379 e. The molecule has 4 fully saturated rings. The SMILES string of the molecule is CC1(CC2CO2)CO1.CC1(COCCCCOCC2CO2)CO1. The van der Waals surface area contributed by atoms with E-state index in [0.717, 1.165) is 72.1 Å². The van der Waals surface area contributed by atoms with Gasteiger partial charge in [-0.25, -0.2) is 0 Å². The maximum absolute atomic E-state index is 5.50. The summed E-state index contributed by atoms with van der Waals surface area (Å²) in [5, 5.41) is 0. The third-order valence-electron chi connectivity index (χ3n) is 4.28. The summed E-state index contributed by atoms with van der Waals surface area (Å²) in [4.78, 5) is 0. The van der Waals surface area contributed by atoms with Crippen molar-refractivity contribution in [3.8, 4) is 0 Å². The van der Waals surface area contributed by atoms with Gasteiger partial charge in [-0.2, -0.15) is 0 Å². The van der Waals surface area contributed by atoms with Crippen molar-refractivity contribution in [1.82, 2.24) is 0 Å². The van der Waals surface area contributed by atoms with Gasteiger partial charge in [0.05, 0.1) is 51.3 Å². The summed E-state index contributed by atoms with van der Waals surface area (Å²) in [6.45, 7) is 10.9. The van der Waals surface area contributed by atoms with Crippen molar-refractivity contribution in [2.24, 2.45) is 0 Å². The van der Waals surface area contributed by atoms with Crippen molar-refractivity contribution >= 4 is 0 Å². The molecule has 6 nitrogen and oxygen atoms in total. The van der Waals surface area contributed by atoms with Gasteiger partial charge in [0.15, 0.2) is 0 Å². The van der Waals surface area contributed by atoms with E-state index in [9.17, 15) is 0 Å². The van der Waals surface area contributed by atoms with E-state index in [2.05, 4.69) is 13.8 Å². The molecule has 0 radical (unpaired) electrons. The molecule has 0 amide bonds. The minimum atomic E-state index is 0.0276. The molecule has 4 aliphatic rings. The van der Waals surface area contributed by atoms with Crippen molar-refractivity contribution < 1.29 is 28.4 Å². The van der Waals surface area contributed by atoms with E-state index in [1.165, 1.54) is 0 Å². The van der Waals surface area contributed by atoms with Gasteiger partial charge in [-0.1, -0.05) is 0 Å². The lowest BCUT2D eigenvalue weighted by Crippen LogP contribution is -2.15. The Bertz CT molecular complexity index is 358. The molecule has 4 atom stereocenters. The van der Waals surface area contributed by atoms with Crippen LogP contribution in [0.1, 0.15) is 33.1 Å². The summed E-state index contributed by atoms with van der Waals surface area (Å²) in [6.07, 6.45) is 4.13. The topological polar surface area (TPSA) is 68.6 Å². The minimum absolute atomic E-state index is 0.0276. The molecule has 0 aromatic heterocycles. The lowest BCUT2D eigenvalue weighted by atomic mass is 10.1. The first-order valence-electron chi connectivity index (χ1n) is 8.74. The number of hydrogen-bond acceptors (Lipinski definition) is 6. The van der Waals surface area contributed by atoms with Crippen LogP contribution in [0.15, 0.2) is 0 Å². The van der Waals surface area contributed by atoms with E-state index < -0.39 is 0 Å². The van der Waals surface area contributed by atoms with Gasteiger partial charge in [-0.05, 0) is 26.7 Å². The van der Waals surface area contributed by atoms with Crippen LogP contribution in [0.3, 0.4) is 0 Å². The van der Waals surface area contributed by atoms with Gasteiger partial charge in [0.1, 0.15) is 11.7 Å². The van der Waals surface area contributed by atoms with Crippen LogP contribution < -0.4 is 0 Å². The van der Waals surface area contributed by atoms with E-state index in [0.29, 0.717) is 12.2 Å². The second-order valence-corrected chi connectivity index (χ2v) is 7.43. The van der Waals surface area contributed by atoms with Crippen LogP contribution in [0.25, 0.3) is 0 Å². The van der Waals surface area contributed by atoms with Crippen molar-refractivity contribution in [3.05, 3.63) is 0 Å². The number of unbranched alkanes of at least 4 members (excludes halogenated alkanes) is 1. The molecular formula is C17H30O6. The normalized spacial score (nSPS) is 39.4. The molecule has 4 aliphatic heterocycles. The summed E-state index contributed by atoms with van der Waals surface area (Å²) in [6, 6.07) is 0. The fourth-order valence-corrected chi connectivity index (χ4v) is 2.19. The lowest BCUT2D eigenvalue weighted by molar-refractivity contribution is 0.0711. The Morgan fingerprint density at radius 2 is 1.43 bits per heavy atom. The lowest BCUT2D eigenvalue weighted by Gasteiger charge is -2.06. The Kier molecular flexibility index (Phi) is 5.93. The van der Waals surface area contributed by atoms with Gasteiger partial charge in [-0.3, -0.25) is 0 Å². The molecular weight excluding hydrogens is 300 g/mol. The van der Waals surface area contributed by atoms with E-state index >= 15 is 0 Å². The predicted octanol–water partition coefficient (Wildman–Crippen LogP) is 1.55. The molecule has 4 saturated heterocycles. The van der Waals surface area contributed by atoms with Crippen LogP contribution in [0.2, 0.25) is 0 Å². The largest absolute Gasteiger partial charge is 0.379 e. The third kappa shape index (κ3) is 7.92. The molecule has 0 bridgehead atoms. The van der Waals surface area contributed by atoms with Crippen LogP contribution in [0.5, 0.6) is 0 Å². The van der Waals surface area contributed by atoms with Crippen LogP contribution in [0, 0.1) is 0 Å². The Morgan fingerprint density at radius 3 is 1.96 bits per heavy atom. The molecule has 4 unspecified atom stereocenters. The molecule has 134 valence electrons. The zero-order valence-corrected chi connectivity index (χ0v) is 14.4. The maximum atomic E-state index is 5.50. The monoisotopic (exact) mass is 330 g/mol. The molecule has 0 aliphatic carbocycles. The highest BCUT2D eigenvalue weighted by atomic mass is 16.6. The van der Waals surface area contributed by atoms with Crippen molar-refractivity contribution in [3.63, 3.8) is 0 Å². The van der Waals surface area contributed by atoms with E-state index in [4.69, 9.17) is 28.4 Å². The summed E-state index contributed by atoms with van der Waals surface area (Å²) >= 11 is 0. The zero-order valence-electron chi connectivity index (χ0n) is 14.4. The highest BCUT2D eigenvalue weighted by molar-refractivity contribution is 4.92. The molecule has 6 heteroatoms. The molecule has 0 aromatic carbocycles. The molecule has 0 saturated carbocycles. The summed E-state index contributed by atoms with van der Waals surface area (Å²) in [5.41, 5.74) is 0.237. The van der Waals surface area contributed by atoms with Gasteiger partial charge >= 0.3 is 0 Å². The maximum Gasteiger partial charge on any atom is 0.112 e. The van der Waals surface area contributed by atoms with Crippen LogP contribution in [-0.2, 0) is 28.4 Å². The smallest absolute Gasteiger partial charge is 0.112 e. The van der Waals surface area contributed by atoms with Crippen LogP contribution in [0.4, 0.5) is 0 Å². The average Bonchev–Trinajstić information content (AvgIpc) is 3.33. The first-order chi connectivity index (χ1) is 11.1. The number of ether oxygens (including phenoxy) is 6.